The Labute approximate surface area is 167 Å². The van der Waals surface area contributed by atoms with E-state index in [1.54, 1.807) is 42.5 Å². The van der Waals surface area contributed by atoms with Gasteiger partial charge in [0.2, 0.25) is 0 Å². The Morgan fingerprint density at radius 1 is 1.21 bits per heavy atom. The molecule has 0 aliphatic carbocycles. The molecule has 2 N–H and O–H groups in total. The molecule has 2 aromatic rings. The van der Waals surface area contributed by atoms with Crippen LogP contribution >= 0.6 is 0 Å². The Hall–Kier alpha value is -2.97. The second kappa shape index (κ2) is 7.81. The molecular formula is C21H21FN2O5. The number of nitrogens with zero attached hydrogens (tertiary/aromatic N) is 1. The van der Waals surface area contributed by atoms with Crippen LogP contribution in [0.2, 0.25) is 0 Å². The van der Waals surface area contributed by atoms with Crippen LogP contribution in [0.5, 0.6) is 5.75 Å². The molecule has 2 heterocycles. The molecule has 1 saturated heterocycles. The van der Waals surface area contributed by atoms with Crippen LogP contribution in [0.25, 0.3) is 0 Å². The Morgan fingerprint density at radius 3 is 2.79 bits per heavy atom. The predicted octanol–water partition coefficient (Wildman–Crippen LogP) is 1.93. The average molecular weight is 400 g/mol. The van der Waals surface area contributed by atoms with Gasteiger partial charge >= 0.3 is 6.03 Å². The van der Waals surface area contributed by atoms with E-state index in [9.17, 15) is 19.1 Å². The van der Waals surface area contributed by atoms with E-state index in [1.807, 2.05) is 0 Å². The molecular weight excluding hydrogens is 379 g/mol. The molecule has 8 heteroatoms. The summed E-state index contributed by atoms with van der Waals surface area (Å²) in [7, 11) is 0. The molecule has 2 aromatic carbocycles. The monoisotopic (exact) mass is 400 g/mol. The first-order valence-electron chi connectivity index (χ1n) is 9.37. The molecule has 1 fully saturated rings. The van der Waals surface area contributed by atoms with E-state index < -0.39 is 29.4 Å². The van der Waals surface area contributed by atoms with Gasteiger partial charge in [0.25, 0.3) is 5.91 Å². The Kier molecular flexibility index (Phi) is 5.21. The number of imide groups is 1. The number of amides is 3. The predicted molar refractivity (Wildman–Crippen MR) is 101 cm³/mol. The molecule has 2 unspecified atom stereocenters. The summed E-state index contributed by atoms with van der Waals surface area (Å²) in [4.78, 5) is 26.6. The Balaban J connectivity index is 1.40. The fraction of sp³-hybridized carbons (Fsp3) is 0.333. The van der Waals surface area contributed by atoms with Gasteiger partial charge in [-0.15, -0.1) is 0 Å². The van der Waals surface area contributed by atoms with Crippen LogP contribution < -0.4 is 10.1 Å². The molecule has 0 aromatic heterocycles. The van der Waals surface area contributed by atoms with Crippen LogP contribution in [0.1, 0.15) is 17.5 Å². The van der Waals surface area contributed by atoms with Crippen molar-refractivity contribution in [3.63, 3.8) is 0 Å². The van der Waals surface area contributed by atoms with Crippen LogP contribution in [0, 0.1) is 5.82 Å². The number of carbonyl (C=O) groups is 2. The number of urea groups is 1. The van der Waals surface area contributed by atoms with Gasteiger partial charge in [-0.3, -0.25) is 9.69 Å². The minimum atomic E-state index is -1.18. The molecule has 2 atom stereocenters. The molecule has 3 amide bonds. The highest BCUT2D eigenvalue weighted by atomic mass is 19.1. The number of halogens is 1. The van der Waals surface area contributed by atoms with E-state index in [1.165, 1.54) is 6.07 Å². The highest BCUT2D eigenvalue weighted by Gasteiger charge is 2.55. The Bertz CT molecular complexity index is 937. The number of hydrogen-bond donors (Lipinski definition) is 2. The number of hydrogen-bond acceptors (Lipinski definition) is 5. The summed E-state index contributed by atoms with van der Waals surface area (Å²) in [6.45, 7) is -0.0749. The zero-order chi connectivity index (χ0) is 20.4. The number of ether oxygens (including phenoxy) is 2. The zero-order valence-corrected chi connectivity index (χ0v) is 15.6. The van der Waals surface area contributed by atoms with Crippen molar-refractivity contribution in [3.8, 4) is 5.75 Å². The minimum Gasteiger partial charge on any atom is -0.493 e. The summed E-state index contributed by atoms with van der Waals surface area (Å²) in [5.41, 5.74) is -0.204. The summed E-state index contributed by atoms with van der Waals surface area (Å²) in [6, 6.07) is 12.7. The summed E-state index contributed by atoms with van der Waals surface area (Å²) in [5.74, 6) is -0.259. The van der Waals surface area contributed by atoms with E-state index >= 15 is 0 Å². The van der Waals surface area contributed by atoms with Crippen LogP contribution in [-0.4, -0.2) is 47.8 Å². The number of β-amino-alcohol motifs (C(OH)–C–C–N with tert-alkyl or cyclic N) is 1. The third kappa shape index (κ3) is 3.56. The SMILES string of the molecule is O=C1NC2(CCOc3ccccc32)C(=O)N1CC(O)COCc1ccccc1F. The van der Waals surface area contributed by atoms with Crippen LogP contribution in [0.4, 0.5) is 9.18 Å². The molecule has 152 valence electrons. The van der Waals surface area contributed by atoms with Crippen LogP contribution in [0.15, 0.2) is 48.5 Å². The quantitative estimate of drug-likeness (QED) is 0.724. The highest BCUT2D eigenvalue weighted by molar-refractivity contribution is 6.08. The number of para-hydroxylation sites is 1. The minimum absolute atomic E-state index is 0.0153. The van der Waals surface area contributed by atoms with Gasteiger partial charge < -0.3 is 19.9 Å². The number of rotatable bonds is 6. The molecule has 29 heavy (non-hydrogen) atoms. The number of nitrogens with one attached hydrogen (secondary N) is 1. The fourth-order valence-corrected chi connectivity index (χ4v) is 3.72. The summed E-state index contributed by atoms with van der Waals surface area (Å²) in [6.07, 6.45) is -0.785. The van der Waals surface area contributed by atoms with Gasteiger partial charge in [0.15, 0.2) is 5.54 Å². The van der Waals surface area contributed by atoms with Crippen molar-refractivity contribution < 1.29 is 28.6 Å². The molecule has 4 rings (SSSR count). The lowest BCUT2D eigenvalue weighted by Crippen LogP contribution is -2.48. The number of fused-ring (bicyclic) bond motifs is 2. The second-order valence-corrected chi connectivity index (χ2v) is 7.11. The summed E-state index contributed by atoms with van der Waals surface area (Å²) in [5, 5.41) is 13.0. The molecule has 0 saturated carbocycles. The second-order valence-electron chi connectivity index (χ2n) is 7.11. The normalized spacial score (nSPS) is 21.7. The number of benzene rings is 2. The van der Waals surface area contributed by atoms with Crippen LogP contribution in [0.3, 0.4) is 0 Å². The van der Waals surface area contributed by atoms with E-state index in [4.69, 9.17) is 9.47 Å². The van der Waals surface area contributed by atoms with Gasteiger partial charge in [0, 0.05) is 17.5 Å². The molecule has 2 aliphatic heterocycles. The van der Waals surface area contributed by atoms with Crippen molar-refractivity contribution in [1.82, 2.24) is 10.2 Å². The maximum absolute atomic E-state index is 13.6. The average Bonchev–Trinajstić information content (AvgIpc) is 2.94. The molecule has 2 aliphatic rings. The van der Waals surface area contributed by atoms with E-state index in [-0.39, 0.29) is 19.8 Å². The number of aliphatic hydroxyl groups excluding tert-OH is 1. The first-order chi connectivity index (χ1) is 14.0. The van der Waals surface area contributed by atoms with Gasteiger partial charge in [0.1, 0.15) is 11.6 Å². The summed E-state index contributed by atoms with van der Waals surface area (Å²) >= 11 is 0. The van der Waals surface area contributed by atoms with Crippen molar-refractivity contribution in [2.24, 2.45) is 0 Å². The fourth-order valence-electron chi connectivity index (χ4n) is 3.72. The van der Waals surface area contributed by atoms with Gasteiger partial charge in [0.05, 0.1) is 32.5 Å². The lowest BCUT2D eigenvalue weighted by atomic mass is 9.84. The first-order valence-corrected chi connectivity index (χ1v) is 9.37. The van der Waals surface area contributed by atoms with E-state index in [0.29, 0.717) is 29.9 Å². The largest absolute Gasteiger partial charge is 0.493 e. The topological polar surface area (TPSA) is 88.1 Å². The van der Waals surface area contributed by atoms with Gasteiger partial charge in [-0.2, -0.15) is 0 Å². The lowest BCUT2D eigenvalue weighted by Gasteiger charge is -2.33. The smallest absolute Gasteiger partial charge is 0.325 e. The van der Waals surface area contributed by atoms with Gasteiger partial charge in [-0.05, 0) is 12.1 Å². The molecule has 1 spiro atoms. The number of aliphatic hydroxyl groups is 1. The van der Waals surface area contributed by atoms with Crippen molar-refractivity contribution in [3.05, 3.63) is 65.5 Å². The molecule has 7 nitrogen and oxygen atoms in total. The van der Waals surface area contributed by atoms with Crippen LogP contribution in [-0.2, 0) is 21.7 Å². The summed E-state index contributed by atoms with van der Waals surface area (Å²) < 4.78 is 24.6. The zero-order valence-electron chi connectivity index (χ0n) is 15.6. The van der Waals surface area contributed by atoms with Crippen molar-refractivity contribution in [2.45, 2.75) is 24.7 Å². The maximum Gasteiger partial charge on any atom is 0.325 e. The Morgan fingerprint density at radius 2 is 1.97 bits per heavy atom. The third-order valence-corrected chi connectivity index (χ3v) is 5.18. The highest BCUT2D eigenvalue weighted by Crippen LogP contribution is 2.40. The lowest BCUT2D eigenvalue weighted by molar-refractivity contribution is -0.134. The molecule has 0 radical (unpaired) electrons. The van der Waals surface area contributed by atoms with E-state index in [0.717, 1.165) is 4.90 Å². The maximum atomic E-state index is 13.6. The molecule has 0 bridgehead atoms. The van der Waals surface area contributed by atoms with Crippen molar-refractivity contribution in [1.29, 1.82) is 0 Å². The first kappa shape index (κ1) is 19.4. The van der Waals surface area contributed by atoms with Gasteiger partial charge in [-0.1, -0.05) is 36.4 Å². The van der Waals surface area contributed by atoms with Crippen molar-refractivity contribution >= 4 is 11.9 Å². The van der Waals surface area contributed by atoms with Crippen molar-refractivity contribution in [2.75, 3.05) is 19.8 Å². The van der Waals surface area contributed by atoms with Gasteiger partial charge in [-0.25, -0.2) is 9.18 Å². The standard InChI is InChI=1S/C21H21FN2O5/c22-17-7-3-1-5-14(17)12-28-13-15(25)11-24-19(26)21(23-20(24)27)9-10-29-18-8-4-2-6-16(18)21/h1-8,15,25H,9-13H2,(H,23,27). The third-order valence-electron chi connectivity index (χ3n) is 5.18. The van der Waals surface area contributed by atoms with E-state index in [2.05, 4.69) is 5.32 Å². The number of carbonyl (C=O) groups excluding carboxylic acids is 2.